The molecule has 0 aromatic heterocycles. The maximum Gasteiger partial charge on any atom is 0.279 e. The van der Waals surface area contributed by atoms with Crippen molar-refractivity contribution < 1.29 is 28.6 Å². The van der Waals surface area contributed by atoms with E-state index in [9.17, 15) is 0 Å². The van der Waals surface area contributed by atoms with Gasteiger partial charge in [-0.2, -0.15) is 0 Å². The molecule has 0 aliphatic carbocycles. The predicted octanol–water partition coefficient (Wildman–Crippen LogP) is -1.20. The molecule has 1 aliphatic heterocycles. The van der Waals surface area contributed by atoms with Crippen molar-refractivity contribution in [1.82, 2.24) is 4.90 Å². The lowest BCUT2D eigenvalue weighted by molar-refractivity contribution is -0.486. The van der Waals surface area contributed by atoms with Gasteiger partial charge in [-0.1, -0.05) is 18.2 Å². The van der Waals surface area contributed by atoms with Gasteiger partial charge in [0, 0.05) is 0 Å². The number of likely N-dealkylation sites (N-methyl/N-ethyl adjacent to an activating group) is 1. The average molecular weight is 330 g/mol. The molecule has 0 radical (unpaired) electrons. The number of nitrogens with zero attached hydrogens (tertiary/aromatic N) is 2. The molecule has 2 rings (SSSR count). The highest BCUT2D eigenvalue weighted by atomic mass is 127. The largest absolute Gasteiger partial charge is 1.00 e. The molecule has 1 heterocycles. The van der Waals surface area contributed by atoms with E-state index in [1.165, 1.54) is 11.4 Å². The van der Waals surface area contributed by atoms with Crippen LogP contribution in [-0.2, 0) is 0 Å². The molecular formula is C13H19IN2. The number of halogens is 1. The molecule has 16 heavy (non-hydrogen) atoms. The van der Waals surface area contributed by atoms with E-state index >= 15 is 0 Å². The zero-order valence-corrected chi connectivity index (χ0v) is 12.3. The molecule has 0 saturated heterocycles. The third-order valence-corrected chi connectivity index (χ3v) is 2.97. The van der Waals surface area contributed by atoms with Crippen molar-refractivity contribution in [3.05, 3.63) is 35.9 Å². The van der Waals surface area contributed by atoms with E-state index in [4.69, 9.17) is 0 Å². The van der Waals surface area contributed by atoms with Crippen molar-refractivity contribution in [2.45, 2.75) is 19.9 Å². The van der Waals surface area contributed by atoms with Crippen LogP contribution in [0.2, 0.25) is 0 Å². The standard InChI is InChI=1S/C13H19N2.HI/c1-11(2)15-10-9-14(3)13(15)12-7-5-4-6-8-12;/h4-8,11H,9-10H2,1-3H3;1H/q+1;/p-1. The summed E-state index contributed by atoms with van der Waals surface area (Å²) in [5, 5.41) is 0. The predicted molar refractivity (Wildman–Crippen MR) is 63.4 cm³/mol. The van der Waals surface area contributed by atoms with E-state index in [1.54, 1.807) is 0 Å². The molecule has 0 spiro atoms. The monoisotopic (exact) mass is 330 g/mol. The fourth-order valence-corrected chi connectivity index (χ4v) is 2.17. The van der Waals surface area contributed by atoms with Gasteiger partial charge in [0.1, 0.15) is 13.1 Å². The van der Waals surface area contributed by atoms with E-state index in [-0.39, 0.29) is 24.0 Å². The topological polar surface area (TPSA) is 6.25 Å². The van der Waals surface area contributed by atoms with Gasteiger partial charge in [-0.25, -0.2) is 0 Å². The van der Waals surface area contributed by atoms with Gasteiger partial charge in [0.2, 0.25) is 0 Å². The molecule has 1 aliphatic rings. The Morgan fingerprint density at radius 3 is 2.38 bits per heavy atom. The average Bonchev–Trinajstić information content (AvgIpc) is 2.61. The van der Waals surface area contributed by atoms with E-state index in [0.717, 1.165) is 13.1 Å². The molecule has 3 heteroatoms. The Kier molecular flexibility index (Phi) is 4.77. The van der Waals surface area contributed by atoms with E-state index in [1.807, 2.05) is 0 Å². The van der Waals surface area contributed by atoms with Crippen LogP contribution in [0.25, 0.3) is 0 Å². The quantitative estimate of drug-likeness (QED) is 0.488. The molecule has 2 nitrogen and oxygen atoms in total. The zero-order chi connectivity index (χ0) is 10.8. The van der Waals surface area contributed by atoms with Crippen LogP contribution in [0, 0.1) is 0 Å². The van der Waals surface area contributed by atoms with Crippen LogP contribution in [-0.4, -0.2) is 41.5 Å². The summed E-state index contributed by atoms with van der Waals surface area (Å²) in [7, 11) is 2.17. The fraction of sp³-hybridized carbons (Fsp3) is 0.462. The fourth-order valence-electron chi connectivity index (χ4n) is 2.17. The van der Waals surface area contributed by atoms with Crippen LogP contribution in [0.4, 0.5) is 0 Å². The van der Waals surface area contributed by atoms with Crippen LogP contribution in [0.1, 0.15) is 19.4 Å². The summed E-state index contributed by atoms with van der Waals surface area (Å²) in [6.45, 7) is 6.77. The molecule has 0 bridgehead atoms. The molecule has 88 valence electrons. The number of amidine groups is 1. The summed E-state index contributed by atoms with van der Waals surface area (Å²) >= 11 is 0. The number of hydrogen-bond donors (Lipinski definition) is 0. The summed E-state index contributed by atoms with van der Waals surface area (Å²) in [6.07, 6.45) is 0. The Morgan fingerprint density at radius 1 is 1.19 bits per heavy atom. The van der Waals surface area contributed by atoms with Gasteiger partial charge in [0.15, 0.2) is 0 Å². The van der Waals surface area contributed by atoms with Gasteiger partial charge < -0.3 is 24.0 Å². The van der Waals surface area contributed by atoms with Crippen molar-refractivity contribution in [2.75, 3.05) is 20.1 Å². The Bertz CT molecular complexity index is 371. The first kappa shape index (κ1) is 13.5. The molecule has 1 aromatic rings. The molecular weight excluding hydrogens is 311 g/mol. The lowest BCUT2D eigenvalue weighted by Crippen LogP contribution is -3.00. The van der Waals surface area contributed by atoms with Crippen molar-refractivity contribution >= 4 is 5.84 Å². The highest BCUT2D eigenvalue weighted by Crippen LogP contribution is 2.13. The van der Waals surface area contributed by atoms with Crippen LogP contribution >= 0.6 is 0 Å². The normalized spacial score (nSPS) is 15.6. The summed E-state index contributed by atoms with van der Waals surface area (Å²) in [5.41, 5.74) is 1.33. The van der Waals surface area contributed by atoms with E-state index in [0.29, 0.717) is 6.04 Å². The first-order chi connectivity index (χ1) is 7.20. The van der Waals surface area contributed by atoms with Crippen molar-refractivity contribution in [3.63, 3.8) is 0 Å². The summed E-state index contributed by atoms with van der Waals surface area (Å²) in [6, 6.07) is 11.2. The molecule has 0 atom stereocenters. The van der Waals surface area contributed by atoms with Gasteiger partial charge in [0.25, 0.3) is 5.84 Å². The van der Waals surface area contributed by atoms with Crippen LogP contribution < -0.4 is 24.0 Å². The SMILES string of the molecule is CC(C)N1CC[N+](C)=C1c1ccccc1.[I-]. The molecule has 0 N–H and O–H groups in total. The maximum atomic E-state index is 2.47. The lowest BCUT2D eigenvalue weighted by atomic mass is 10.2. The number of benzene rings is 1. The van der Waals surface area contributed by atoms with E-state index in [2.05, 4.69) is 60.7 Å². The minimum atomic E-state index is 0. The van der Waals surface area contributed by atoms with Crippen LogP contribution in [0.5, 0.6) is 0 Å². The molecule has 1 aromatic carbocycles. The third kappa shape index (κ3) is 2.56. The summed E-state index contributed by atoms with van der Waals surface area (Å²) in [5.74, 6) is 1.37. The van der Waals surface area contributed by atoms with Gasteiger partial charge in [-0.3, -0.25) is 9.48 Å². The van der Waals surface area contributed by atoms with E-state index < -0.39 is 0 Å². The zero-order valence-electron chi connectivity index (χ0n) is 10.2. The highest BCUT2D eigenvalue weighted by molar-refractivity contribution is 5.95. The minimum absolute atomic E-state index is 0. The molecule has 0 fully saturated rings. The maximum absolute atomic E-state index is 2.47. The Hall–Kier alpha value is -0.580. The molecule has 0 amide bonds. The lowest BCUT2D eigenvalue weighted by Gasteiger charge is -2.17. The summed E-state index contributed by atoms with van der Waals surface area (Å²) < 4.78 is 2.34. The van der Waals surface area contributed by atoms with Crippen LogP contribution in [0.15, 0.2) is 30.3 Å². The van der Waals surface area contributed by atoms with Crippen molar-refractivity contribution in [2.24, 2.45) is 0 Å². The van der Waals surface area contributed by atoms with Gasteiger partial charge in [-0.05, 0) is 26.0 Å². The molecule has 0 saturated carbocycles. The number of rotatable bonds is 2. The van der Waals surface area contributed by atoms with Gasteiger partial charge in [0.05, 0.1) is 18.7 Å². The summed E-state index contributed by atoms with van der Waals surface area (Å²) in [4.78, 5) is 2.47. The minimum Gasteiger partial charge on any atom is -1.00 e. The Labute approximate surface area is 115 Å². The second kappa shape index (κ2) is 5.66. The second-order valence-electron chi connectivity index (χ2n) is 4.40. The Morgan fingerprint density at radius 2 is 1.81 bits per heavy atom. The van der Waals surface area contributed by atoms with Crippen LogP contribution in [0.3, 0.4) is 0 Å². The first-order valence-electron chi connectivity index (χ1n) is 5.60. The third-order valence-electron chi connectivity index (χ3n) is 2.97. The smallest absolute Gasteiger partial charge is 0.279 e. The second-order valence-corrected chi connectivity index (χ2v) is 4.40. The first-order valence-corrected chi connectivity index (χ1v) is 5.60. The number of hydrogen-bond acceptors (Lipinski definition) is 1. The highest BCUT2D eigenvalue weighted by Gasteiger charge is 2.31. The van der Waals surface area contributed by atoms with Crippen molar-refractivity contribution in [1.29, 1.82) is 0 Å². The molecule has 0 unspecified atom stereocenters. The van der Waals surface area contributed by atoms with Gasteiger partial charge in [-0.15, -0.1) is 0 Å². The van der Waals surface area contributed by atoms with Crippen molar-refractivity contribution in [3.8, 4) is 0 Å². The van der Waals surface area contributed by atoms with Gasteiger partial charge >= 0.3 is 0 Å². The Balaban J connectivity index is 0.00000128.